The molecule has 0 radical (unpaired) electrons. The largest absolute Gasteiger partial charge is 0.393 e. The lowest BCUT2D eigenvalue weighted by molar-refractivity contribution is 0.100. The Bertz CT molecular complexity index is 726. The van der Waals surface area contributed by atoms with E-state index in [1.807, 2.05) is 42.5 Å². The van der Waals surface area contributed by atoms with Crippen LogP contribution in [0.2, 0.25) is 5.02 Å². The molecule has 4 N–H and O–H groups in total. The maximum atomic E-state index is 12.0. The van der Waals surface area contributed by atoms with Gasteiger partial charge in [-0.05, 0) is 37.3 Å². The van der Waals surface area contributed by atoms with Crippen molar-refractivity contribution in [3.63, 3.8) is 0 Å². The maximum absolute atomic E-state index is 12.0. The Morgan fingerprint density at radius 2 is 1.75 bits per heavy atom. The van der Waals surface area contributed by atoms with Crippen LogP contribution in [0.4, 0.5) is 5.69 Å². The van der Waals surface area contributed by atoms with Crippen LogP contribution in [0.25, 0.3) is 11.1 Å². The molecule has 0 bridgehead atoms. The Kier molecular flexibility index (Phi) is 5.07. The van der Waals surface area contributed by atoms with Crippen LogP contribution in [-0.2, 0) is 0 Å². The third-order valence-electron chi connectivity index (χ3n) is 4.53. The molecule has 1 amide bonds. The van der Waals surface area contributed by atoms with E-state index in [4.69, 9.17) is 17.3 Å². The van der Waals surface area contributed by atoms with E-state index >= 15 is 0 Å². The number of nitrogens with one attached hydrogen (secondary N) is 1. The number of carbonyl (C=O) groups excluding carboxylic acids is 1. The lowest BCUT2D eigenvalue weighted by Crippen LogP contribution is -2.29. The summed E-state index contributed by atoms with van der Waals surface area (Å²) in [6, 6.07) is 13.7. The van der Waals surface area contributed by atoms with E-state index in [0.29, 0.717) is 16.3 Å². The molecule has 2 aromatic carbocycles. The highest BCUT2D eigenvalue weighted by Gasteiger charge is 2.23. The number of anilines is 1. The highest BCUT2D eigenvalue weighted by molar-refractivity contribution is 6.37. The van der Waals surface area contributed by atoms with Gasteiger partial charge in [-0.1, -0.05) is 48.0 Å². The average Bonchev–Trinajstić information content (AvgIpc) is 2.57. The first-order valence-corrected chi connectivity index (χ1v) is 8.56. The number of hydrogen-bond acceptors (Lipinski definition) is 3. The lowest BCUT2D eigenvalue weighted by Gasteiger charge is -2.28. The van der Waals surface area contributed by atoms with E-state index < -0.39 is 5.91 Å². The molecular weight excluding hydrogens is 324 g/mol. The second-order valence-electron chi connectivity index (χ2n) is 6.23. The second kappa shape index (κ2) is 7.24. The van der Waals surface area contributed by atoms with Crippen molar-refractivity contribution >= 4 is 23.2 Å². The molecule has 0 aromatic heterocycles. The van der Waals surface area contributed by atoms with Gasteiger partial charge in [-0.15, -0.1) is 0 Å². The van der Waals surface area contributed by atoms with E-state index in [9.17, 15) is 9.90 Å². The molecule has 2 aromatic rings. The van der Waals surface area contributed by atoms with Gasteiger partial charge in [-0.2, -0.15) is 0 Å². The first kappa shape index (κ1) is 16.8. The predicted octanol–water partition coefficient (Wildman–Crippen LogP) is 3.82. The molecule has 3 rings (SSSR count). The van der Waals surface area contributed by atoms with Crippen LogP contribution < -0.4 is 11.1 Å². The standard InChI is InChI=1S/C19H21ClN2O2/c20-18-15(12-4-2-1-3-5-12)10-11-16(17(18)19(21)24)22-13-6-8-14(23)9-7-13/h1-5,10-11,13-14,22-23H,6-9H2,(H2,21,24). The van der Waals surface area contributed by atoms with E-state index in [1.54, 1.807) is 0 Å². The van der Waals surface area contributed by atoms with Crippen molar-refractivity contribution < 1.29 is 9.90 Å². The van der Waals surface area contributed by atoms with Gasteiger partial charge >= 0.3 is 0 Å². The maximum Gasteiger partial charge on any atom is 0.252 e. The molecule has 5 heteroatoms. The van der Waals surface area contributed by atoms with Crippen LogP contribution >= 0.6 is 11.6 Å². The number of nitrogens with two attached hydrogens (primary N) is 1. The van der Waals surface area contributed by atoms with Crippen molar-refractivity contribution in [3.05, 3.63) is 53.1 Å². The van der Waals surface area contributed by atoms with Gasteiger partial charge in [-0.25, -0.2) is 0 Å². The van der Waals surface area contributed by atoms with Gasteiger partial charge in [0.2, 0.25) is 0 Å². The van der Waals surface area contributed by atoms with E-state index in [-0.39, 0.29) is 12.1 Å². The number of aliphatic hydroxyl groups excluding tert-OH is 1. The fraction of sp³-hybridized carbons (Fsp3) is 0.316. The topological polar surface area (TPSA) is 75.4 Å². The van der Waals surface area contributed by atoms with Crippen molar-refractivity contribution in [1.29, 1.82) is 0 Å². The summed E-state index contributed by atoms with van der Waals surface area (Å²) in [4.78, 5) is 12.0. The highest BCUT2D eigenvalue weighted by Crippen LogP contribution is 2.35. The SMILES string of the molecule is NC(=O)c1c(NC2CCC(O)CC2)ccc(-c2ccccc2)c1Cl. The predicted molar refractivity (Wildman–Crippen MR) is 97.3 cm³/mol. The number of amides is 1. The first-order valence-electron chi connectivity index (χ1n) is 8.18. The molecule has 1 fully saturated rings. The lowest BCUT2D eigenvalue weighted by atomic mass is 9.92. The van der Waals surface area contributed by atoms with Crippen molar-refractivity contribution in [2.45, 2.75) is 37.8 Å². The molecule has 0 aliphatic heterocycles. The van der Waals surface area contributed by atoms with Gasteiger partial charge in [0.05, 0.1) is 16.7 Å². The van der Waals surface area contributed by atoms with Gasteiger partial charge < -0.3 is 16.2 Å². The summed E-state index contributed by atoms with van der Waals surface area (Å²) in [6.07, 6.45) is 3.02. The number of aliphatic hydroxyl groups is 1. The van der Waals surface area contributed by atoms with Gasteiger partial charge in [-0.3, -0.25) is 4.79 Å². The zero-order valence-corrected chi connectivity index (χ0v) is 14.1. The van der Waals surface area contributed by atoms with Crippen LogP contribution in [0.15, 0.2) is 42.5 Å². The average molecular weight is 345 g/mol. The van der Waals surface area contributed by atoms with Crippen LogP contribution in [0.5, 0.6) is 0 Å². The molecule has 0 atom stereocenters. The summed E-state index contributed by atoms with van der Waals surface area (Å²) in [7, 11) is 0. The molecule has 1 aliphatic carbocycles. The summed E-state index contributed by atoms with van der Waals surface area (Å²) >= 11 is 6.50. The minimum absolute atomic E-state index is 0.213. The monoisotopic (exact) mass is 344 g/mol. The fourth-order valence-electron chi connectivity index (χ4n) is 3.22. The number of hydrogen-bond donors (Lipinski definition) is 3. The number of benzene rings is 2. The quantitative estimate of drug-likeness (QED) is 0.789. The zero-order chi connectivity index (χ0) is 17.1. The fourth-order valence-corrected chi connectivity index (χ4v) is 3.59. The molecule has 1 saturated carbocycles. The molecule has 1 aliphatic rings. The van der Waals surface area contributed by atoms with Crippen LogP contribution in [-0.4, -0.2) is 23.2 Å². The summed E-state index contributed by atoms with van der Waals surface area (Å²) in [6.45, 7) is 0. The van der Waals surface area contributed by atoms with Crippen molar-refractivity contribution in [1.82, 2.24) is 0 Å². The molecule has 4 nitrogen and oxygen atoms in total. The molecule has 24 heavy (non-hydrogen) atoms. The smallest absolute Gasteiger partial charge is 0.252 e. The second-order valence-corrected chi connectivity index (χ2v) is 6.61. The molecular formula is C19H21ClN2O2. The minimum atomic E-state index is -0.545. The minimum Gasteiger partial charge on any atom is -0.393 e. The first-order chi connectivity index (χ1) is 11.6. The Morgan fingerprint density at radius 1 is 1.08 bits per heavy atom. The number of rotatable bonds is 4. The summed E-state index contributed by atoms with van der Waals surface area (Å²) < 4.78 is 0. The van der Waals surface area contributed by atoms with Gasteiger partial charge in [0.25, 0.3) is 5.91 Å². The van der Waals surface area contributed by atoms with Crippen LogP contribution in [0, 0.1) is 0 Å². The summed E-state index contributed by atoms with van der Waals surface area (Å²) in [5.41, 5.74) is 8.30. The van der Waals surface area contributed by atoms with Gasteiger partial charge in [0.15, 0.2) is 0 Å². The zero-order valence-electron chi connectivity index (χ0n) is 13.3. The highest BCUT2D eigenvalue weighted by atomic mass is 35.5. The number of primary amides is 1. The molecule has 0 saturated heterocycles. The van der Waals surface area contributed by atoms with Crippen molar-refractivity contribution in [2.75, 3.05) is 5.32 Å². The third-order valence-corrected chi connectivity index (χ3v) is 4.92. The van der Waals surface area contributed by atoms with Gasteiger partial charge in [0, 0.05) is 17.3 Å². The van der Waals surface area contributed by atoms with Gasteiger partial charge in [0.1, 0.15) is 0 Å². The van der Waals surface area contributed by atoms with E-state index in [0.717, 1.165) is 36.8 Å². The number of carbonyl (C=O) groups is 1. The Balaban J connectivity index is 1.93. The molecule has 126 valence electrons. The summed E-state index contributed by atoms with van der Waals surface area (Å²) in [5.74, 6) is -0.545. The molecule has 0 heterocycles. The Labute approximate surface area is 146 Å². The molecule has 0 unspecified atom stereocenters. The Morgan fingerprint density at radius 3 is 2.38 bits per heavy atom. The number of halogens is 1. The third kappa shape index (κ3) is 3.55. The molecule has 0 spiro atoms. The van der Waals surface area contributed by atoms with Crippen molar-refractivity contribution in [3.8, 4) is 11.1 Å². The summed E-state index contributed by atoms with van der Waals surface area (Å²) in [5, 5.41) is 13.4. The van der Waals surface area contributed by atoms with Crippen LogP contribution in [0.1, 0.15) is 36.0 Å². The van der Waals surface area contributed by atoms with E-state index in [1.165, 1.54) is 0 Å². The normalized spacial score (nSPS) is 20.6. The van der Waals surface area contributed by atoms with E-state index in [2.05, 4.69) is 5.32 Å². The Hall–Kier alpha value is -2.04. The van der Waals surface area contributed by atoms with Crippen LogP contribution in [0.3, 0.4) is 0 Å². The van der Waals surface area contributed by atoms with Crippen molar-refractivity contribution in [2.24, 2.45) is 5.73 Å².